The maximum atomic E-state index is 11.8. The minimum Gasteiger partial charge on any atom is -0.466 e. The normalized spacial score (nSPS) is 20.8. The Labute approximate surface area is 115 Å². The lowest BCUT2D eigenvalue weighted by molar-refractivity contribution is -0.143. The summed E-state index contributed by atoms with van der Waals surface area (Å²) in [6.45, 7) is 3.36. The molecule has 1 aromatic rings. The Morgan fingerprint density at radius 2 is 2.16 bits per heavy atom. The zero-order chi connectivity index (χ0) is 13.5. The Hall–Kier alpha value is -1.35. The molecule has 2 atom stereocenters. The molecular weight excluding hydrogens is 238 g/mol. The highest BCUT2D eigenvalue weighted by Crippen LogP contribution is 2.28. The van der Waals surface area contributed by atoms with Crippen molar-refractivity contribution in [3.8, 4) is 0 Å². The Bertz CT molecular complexity index is 385. The van der Waals surface area contributed by atoms with Gasteiger partial charge in [-0.25, -0.2) is 0 Å². The van der Waals surface area contributed by atoms with Crippen molar-refractivity contribution in [2.45, 2.75) is 44.6 Å². The topological polar surface area (TPSA) is 38.3 Å². The van der Waals surface area contributed by atoms with Crippen LogP contribution in [0.15, 0.2) is 30.3 Å². The van der Waals surface area contributed by atoms with Crippen molar-refractivity contribution in [1.82, 2.24) is 5.32 Å². The van der Waals surface area contributed by atoms with Crippen LogP contribution in [0.2, 0.25) is 0 Å². The first-order valence-corrected chi connectivity index (χ1v) is 7.25. The number of carbonyl (C=O) groups excluding carboxylic acids is 1. The van der Waals surface area contributed by atoms with E-state index < -0.39 is 0 Å². The smallest absolute Gasteiger partial charge is 0.306 e. The fourth-order valence-corrected chi connectivity index (χ4v) is 2.81. The number of benzene rings is 1. The molecule has 1 aromatic carbocycles. The van der Waals surface area contributed by atoms with Crippen molar-refractivity contribution in [2.24, 2.45) is 0 Å². The van der Waals surface area contributed by atoms with Crippen LogP contribution in [-0.4, -0.2) is 25.2 Å². The molecule has 1 heterocycles. The summed E-state index contributed by atoms with van der Waals surface area (Å²) in [5.74, 6) is 0.129. The highest BCUT2D eigenvalue weighted by Gasteiger charge is 2.27. The van der Waals surface area contributed by atoms with Gasteiger partial charge in [0.05, 0.1) is 13.0 Å². The third-order valence-corrected chi connectivity index (χ3v) is 3.75. The van der Waals surface area contributed by atoms with Gasteiger partial charge < -0.3 is 10.1 Å². The van der Waals surface area contributed by atoms with Gasteiger partial charge in [-0.3, -0.25) is 4.79 Å². The molecule has 2 rings (SSSR count). The summed E-state index contributed by atoms with van der Waals surface area (Å²) >= 11 is 0. The summed E-state index contributed by atoms with van der Waals surface area (Å²) in [6, 6.07) is 10.7. The standard InChI is InChI=1S/C16H23NO2/c1-2-19-16(18)12-14(13-8-4-3-5-9-13)15-10-6-7-11-17-15/h3-5,8-9,14-15,17H,2,6-7,10-12H2,1H3/t14-,15+/m1/s1. The van der Waals surface area contributed by atoms with Gasteiger partial charge in [-0.05, 0) is 31.9 Å². The second-order valence-corrected chi connectivity index (χ2v) is 5.08. The molecule has 1 fully saturated rings. The Morgan fingerprint density at radius 3 is 2.79 bits per heavy atom. The largest absolute Gasteiger partial charge is 0.466 e. The number of carbonyl (C=O) groups is 1. The molecule has 1 saturated heterocycles. The van der Waals surface area contributed by atoms with Gasteiger partial charge in [0.15, 0.2) is 0 Å². The second-order valence-electron chi connectivity index (χ2n) is 5.08. The SMILES string of the molecule is CCOC(=O)C[C@H](c1ccccc1)[C@@H]1CCCCN1. The van der Waals surface area contributed by atoms with Crippen LogP contribution in [0, 0.1) is 0 Å². The lowest BCUT2D eigenvalue weighted by atomic mass is 9.84. The number of piperidine rings is 1. The lowest BCUT2D eigenvalue weighted by Crippen LogP contribution is -2.39. The van der Waals surface area contributed by atoms with E-state index in [1.807, 2.05) is 25.1 Å². The first-order chi connectivity index (χ1) is 9.31. The van der Waals surface area contributed by atoms with Crippen molar-refractivity contribution in [3.63, 3.8) is 0 Å². The maximum Gasteiger partial charge on any atom is 0.306 e. The van der Waals surface area contributed by atoms with Crippen LogP contribution in [0.5, 0.6) is 0 Å². The van der Waals surface area contributed by atoms with Crippen molar-refractivity contribution in [2.75, 3.05) is 13.2 Å². The molecule has 0 bridgehead atoms. The number of esters is 1. The first-order valence-electron chi connectivity index (χ1n) is 7.25. The van der Waals surface area contributed by atoms with Gasteiger partial charge in [-0.1, -0.05) is 36.8 Å². The zero-order valence-corrected chi connectivity index (χ0v) is 11.6. The molecule has 0 spiro atoms. The summed E-state index contributed by atoms with van der Waals surface area (Å²) in [6.07, 6.45) is 4.08. The van der Waals surface area contributed by atoms with Crippen molar-refractivity contribution in [1.29, 1.82) is 0 Å². The van der Waals surface area contributed by atoms with E-state index in [1.165, 1.54) is 18.4 Å². The Morgan fingerprint density at radius 1 is 1.37 bits per heavy atom. The van der Waals surface area contributed by atoms with Crippen LogP contribution >= 0.6 is 0 Å². The van der Waals surface area contributed by atoms with Gasteiger partial charge in [-0.2, -0.15) is 0 Å². The molecule has 0 amide bonds. The molecule has 1 aliphatic heterocycles. The highest BCUT2D eigenvalue weighted by atomic mass is 16.5. The van der Waals surface area contributed by atoms with E-state index in [0.717, 1.165) is 13.0 Å². The molecule has 1 aliphatic rings. The van der Waals surface area contributed by atoms with Crippen molar-refractivity contribution >= 4 is 5.97 Å². The van der Waals surface area contributed by atoms with Gasteiger partial charge in [-0.15, -0.1) is 0 Å². The molecule has 0 aliphatic carbocycles. The average Bonchev–Trinajstić information content (AvgIpc) is 2.47. The Balaban J connectivity index is 2.10. The fraction of sp³-hybridized carbons (Fsp3) is 0.562. The quantitative estimate of drug-likeness (QED) is 0.828. The van der Waals surface area contributed by atoms with Crippen LogP contribution in [0.25, 0.3) is 0 Å². The minimum atomic E-state index is -0.0938. The third kappa shape index (κ3) is 4.06. The highest BCUT2D eigenvalue weighted by molar-refractivity contribution is 5.70. The van der Waals surface area contributed by atoms with Crippen molar-refractivity contribution in [3.05, 3.63) is 35.9 Å². The van der Waals surface area contributed by atoms with Crippen LogP contribution in [0.1, 0.15) is 44.1 Å². The number of hydrogen-bond acceptors (Lipinski definition) is 3. The van der Waals surface area contributed by atoms with Crippen LogP contribution in [0.4, 0.5) is 0 Å². The molecule has 0 saturated carbocycles. The van der Waals surface area contributed by atoms with Crippen molar-refractivity contribution < 1.29 is 9.53 Å². The van der Waals surface area contributed by atoms with E-state index in [-0.39, 0.29) is 11.9 Å². The van der Waals surface area contributed by atoms with Crippen LogP contribution < -0.4 is 5.32 Å². The summed E-state index contributed by atoms with van der Waals surface area (Å²) < 4.78 is 5.12. The van der Waals surface area contributed by atoms with Crippen LogP contribution in [0.3, 0.4) is 0 Å². The van der Waals surface area contributed by atoms with E-state index in [1.54, 1.807) is 0 Å². The number of rotatable bonds is 5. The molecular formula is C16H23NO2. The van der Waals surface area contributed by atoms with Gasteiger partial charge in [0.2, 0.25) is 0 Å². The number of ether oxygens (including phenoxy) is 1. The van der Waals surface area contributed by atoms with Gasteiger partial charge in [0, 0.05) is 12.0 Å². The molecule has 3 nitrogen and oxygen atoms in total. The predicted molar refractivity (Wildman–Crippen MR) is 76.1 cm³/mol. The molecule has 1 N–H and O–H groups in total. The summed E-state index contributed by atoms with van der Waals surface area (Å²) in [5, 5.41) is 3.56. The molecule has 0 unspecified atom stereocenters. The third-order valence-electron chi connectivity index (χ3n) is 3.75. The predicted octanol–water partition coefficient (Wildman–Crippen LogP) is 2.87. The minimum absolute atomic E-state index is 0.0938. The van der Waals surface area contributed by atoms with Gasteiger partial charge >= 0.3 is 5.97 Å². The molecule has 104 valence electrons. The number of hydrogen-bond donors (Lipinski definition) is 1. The average molecular weight is 261 g/mol. The maximum absolute atomic E-state index is 11.8. The zero-order valence-electron chi connectivity index (χ0n) is 11.6. The summed E-state index contributed by atoms with van der Waals surface area (Å²) in [5.41, 5.74) is 1.23. The molecule has 0 radical (unpaired) electrons. The van der Waals surface area contributed by atoms with E-state index >= 15 is 0 Å². The molecule has 19 heavy (non-hydrogen) atoms. The lowest BCUT2D eigenvalue weighted by Gasteiger charge is -2.31. The monoisotopic (exact) mass is 261 g/mol. The van der Waals surface area contributed by atoms with Gasteiger partial charge in [0.25, 0.3) is 0 Å². The van der Waals surface area contributed by atoms with E-state index in [9.17, 15) is 4.79 Å². The fourth-order valence-electron chi connectivity index (χ4n) is 2.81. The van der Waals surface area contributed by atoms with Crippen LogP contribution in [-0.2, 0) is 9.53 Å². The summed E-state index contributed by atoms with van der Waals surface area (Å²) in [7, 11) is 0. The molecule has 3 heteroatoms. The Kier molecular flexibility index (Phi) is 5.40. The summed E-state index contributed by atoms with van der Waals surface area (Å²) in [4.78, 5) is 11.8. The van der Waals surface area contributed by atoms with E-state index in [0.29, 0.717) is 19.1 Å². The first kappa shape index (κ1) is 14.1. The second kappa shape index (κ2) is 7.29. The number of nitrogens with one attached hydrogen (secondary N) is 1. The van der Waals surface area contributed by atoms with E-state index in [2.05, 4.69) is 17.4 Å². The molecule has 0 aromatic heterocycles. The van der Waals surface area contributed by atoms with E-state index in [4.69, 9.17) is 4.74 Å². The van der Waals surface area contributed by atoms with Gasteiger partial charge in [0.1, 0.15) is 0 Å².